The molecule has 2 aromatic heterocycles. The van der Waals surface area contributed by atoms with E-state index < -0.39 is 0 Å². The Morgan fingerprint density at radius 1 is 1.65 bits per heavy atom. The van der Waals surface area contributed by atoms with Crippen LogP contribution in [0.25, 0.3) is 0 Å². The van der Waals surface area contributed by atoms with Crippen molar-refractivity contribution in [2.75, 3.05) is 11.1 Å². The van der Waals surface area contributed by atoms with Crippen LogP contribution >= 0.6 is 11.3 Å². The van der Waals surface area contributed by atoms with Crippen LogP contribution in [0.1, 0.15) is 28.0 Å². The number of H-pyrrole nitrogens is 1. The van der Waals surface area contributed by atoms with Crippen molar-refractivity contribution in [3.8, 4) is 0 Å². The van der Waals surface area contributed by atoms with E-state index in [9.17, 15) is 4.79 Å². The maximum absolute atomic E-state index is 11.8. The molecule has 2 heterocycles. The number of anilines is 2. The molecule has 17 heavy (non-hydrogen) atoms. The van der Waals surface area contributed by atoms with Crippen LogP contribution in [0.5, 0.6) is 0 Å². The lowest BCUT2D eigenvalue weighted by Gasteiger charge is -1.99. The summed E-state index contributed by atoms with van der Waals surface area (Å²) >= 11 is 1.45. The van der Waals surface area contributed by atoms with Crippen LogP contribution in [-0.2, 0) is 6.42 Å². The SMILES string of the molecule is CCc1nc(NC(=O)c2[nH]ncc2N)sc1C. The lowest BCUT2D eigenvalue weighted by molar-refractivity contribution is 0.102. The van der Waals surface area contributed by atoms with Gasteiger partial charge in [0.25, 0.3) is 5.91 Å². The second-order valence-electron chi connectivity index (χ2n) is 3.53. The number of nitrogens with zero attached hydrogens (tertiary/aromatic N) is 2. The van der Waals surface area contributed by atoms with Crippen molar-refractivity contribution in [2.45, 2.75) is 20.3 Å². The maximum atomic E-state index is 11.8. The molecule has 90 valence electrons. The topological polar surface area (TPSA) is 96.7 Å². The molecule has 0 radical (unpaired) electrons. The van der Waals surface area contributed by atoms with Crippen molar-refractivity contribution in [2.24, 2.45) is 0 Å². The van der Waals surface area contributed by atoms with Gasteiger partial charge in [0, 0.05) is 4.88 Å². The lowest BCUT2D eigenvalue weighted by atomic mass is 10.3. The zero-order chi connectivity index (χ0) is 12.4. The van der Waals surface area contributed by atoms with Gasteiger partial charge in [0.2, 0.25) is 0 Å². The number of rotatable bonds is 3. The summed E-state index contributed by atoms with van der Waals surface area (Å²) in [5.74, 6) is -0.323. The van der Waals surface area contributed by atoms with E-state index >= 15 is 0 Å². The molecule has 2 rings (SSSR count). The fourth-order valence-corrected chi connectivity index (χ4v) is 2.34. The van der Waals surface area contributed by atoms with Crippen LogP contribution < -0.4 is 11.1 Å². The fraction of sp³-hybridized carbons (Fsp3) is 0.300. The average Bonchev–Trinajstić information content (AvgIpc) is 2.84. The Labute approximate surface area is 102 Å². The second kappa shape index (κ2) is 4.54. The van der Waals surface area contributed by atoms with E-state index in [0.717, 1.165) is 17.0 Å². The number of thiazole rings is 1. The molecule has 0 unspecified atom stereocenters. The van der Waals surface area contributed by atoms with Gasteiger partial charge in [0.1, 0.15) is 5.69 Å². The quantitative estimate of drug-likeness (QED) is 0.771. The van der Waals surface area contributed by atoms with E-state index in [4.69, 9.17) is 5.73 Å². The van der Waals surface area contributed by atoms with Crippen molar-refractivity contribution in [3.05, 3.63) is 22.5 Å². The van der Waals surface area contributed by atoms with Gasteiger partial charge in [0.15, 0.2) is 5.13 Å². The minimum Gasteiger partial charge on any atom is -0.396 e. The number of aromatic nitrogens is 3. The van der Waals surface area contributed by atoms with Gasteiger partial charge in [-0.1, -0.05) is 6.92 Å². The number of carbonyl (C=O) groups excluding carboxylic acids is 1. The zero-order valence-electron chi connectivity index (χ0n) is 9.57. The van der Waals surface area contributed by atoms with Crippen molar-refractivity contribution >= 4 is 28.1 Å². The number of aryl methyl sites for hydroxylation is 2. The summed E-state index contributed by atoms with van der Waals surface area (Å²) in [7, 11) is 0. The molecule has 1 amide bonds. The Morgan fingerprint density at radius 3 is 2.94 bits per heavy atom. The van der Waals surface area contributed by atoms with Crippen LogP contribution in [-0.4, -0.2) is 21.1 Å². The predicted molar refractivity (Wildman–Crippen MR) is 67.2 cm³/mol. The summed E-state index contributed by atoms with van der Waals surface area (Å²) < 4.78 is 0. The molecule has 0 aliphatic rings. The van der Waals surface area contributed by atoms with Crippen LogP contribution in [0.2, 0.25) is 0 Å². The number of nitrogen functional groups attached to an aromatic ring is 1. The molecular formula is C10H13N5OS. The molecule has 2 aromatic rings. The van der Waals surface area contributed by atoms with Gasteiger partial charge < -0.3 is 5.73 Å². The molecule has 0 spiro atoms. The third kappa shape index (κ3) is 2.28. The maximum Gasteiger partial charge on any atom is 0.277 e. The summed E-state index contributed by atoms with van der Waals surface area (Å²) in [4.78, 5) is 17.2. The molecule has 7 heteroatoms. The number of amides is 1. The highest BCUT2D eigenvalue weighted by Gasteiger charge is 2.14. The van der Waals surface area contributed by atoms with E-state index in [2.05, 4.69) is 20.5 Å². The Kier molecular flexibility index (Phi) is 3.10. The van der Waals surface area contributed by atoms with Gasteiger partial charge in [-0.05, 0) is 13.3 Å². The molecule has 0 aliphatic carbocycles. The highest BCUT2D eigenvalue weighted by Crippen LogP contribution is 2.23. The fourth-order valence-electron chi connectivity index (χ4n) is 1.45. The number of nitrogens with one attached hydrogen (secondary N) is 2. The summed E-state index contributed by atoms with van der Waals surface area (Å²) in [5.41, 5.74) is 7.17. The summed E-state index contributed by atoms with van der Waals surface area (Å²) in [6.45, 7) is 4.01. The van der Waals surface area contributed by atoms with E-state index in [1.54, 1.807) is 0 Å². The van der Waals surface area contributed by atoms with Crippen molar-refractivity contribution in [1.29, 1.82) is 0 Å². The first-order valence-corrected chi connectivity index (χ1v) is 6.00. The standard InChI is InChI=1S/C10H13N5OS/c1-3-7-5(2)17-10(13-7)14-9(16)8-6(11)4-12-15-8/h4H,3,11H2,1-2H3,(H,12,15)(H,13,14,16). The monoisotopic (exact) mass is 251 g/mol. The highest BCUT2D eigenvalue weighted by molar-refractivity contribution is 7.15. The van der Waals surface area contributed by atoms with E-state index in [1.165, 1.54) is 17.5 Å². The normalized spacial score (nSPS) is 10.5. The molecule has 0 aliphatic heterocycles. The van der Waals surface area contributed by atoms with Gasteiger partial charge in [-0.2, -0.15) is 5.10 Å². The Hall–Kier alpha value is -1.89. The molecule has 0 saturated heterocycles. The first kappa shape index (κ1) is 11.6. The minimum absolute atomic E-state index is 0.260. The highest BCUT2D eigenvalue weighted by atomic mass is 32.1. The molecule has 0 saturated carbocycles. The summed E-state index contributed by atoms with van der Waals surface area (Å²) in [5, 5.41) is 9.53. The van der Waals surface area contributed by atoms with Crippen LogP contribution in [0, 0.1) is 6.92 Å². The molecular weight excluding hydrogens is 238 g/mol. The van der Waals surface area contributed by atoms with Crippen LogP contribution in [0.4, 0.5) is 10.8 Å². The third-order valence-electron chi connectivity index (χ3n) is 2.34. The van der Waals surface area contributed by atoms with E-state index in [1.807, 2.05) is 13.8 Å². The number of carbonyl (C=O) groups is 1. The first-order chi connectivity index (χ1) is 8.11. The first-order valence-electron chi connectivity index (χ1n) is 5.18. The van der Waals surface area contributed by atoms with Crippen LogP contribution in [0.3, 0.4) is 0 Å². The Bertz CT molecular complexity index is 545. The zero-order valence-corrected chi connectivity index (χ0v) is 10.4. The molecule has 0 bridgehead atoms. The van der Waals surface area contributed by atoms with Gasteiger partial charge >= 0.3 is 0 Å². The second-order valence-corrected chi connectivity index (χ2v) is 4.73. The molecule has 0 aromatic carbocycles. The van der Waals surface area contributed by atoms with Crippen molar-refractivity contribution < 1.29 is 4.79 Å². The predicted octanol–water partition coefficient (Wildman–Crippen LogP) is 1.57. The van der Waals surface area contributed by atoms with Crippen molar-refractivity contribution in [1.82, 2.24) is 15.2 Å². The molecule has 0 fully saturated rings. The van der Waals surface area contributed by atoms with Gasteiger partial charge in [-0.25, -0.2) is 4.98 Å². The van der Waals surface area contributed by atoms with Crippen LogP contribution in [0.15, 0.2) is 6.20 Å². The third-order valence-corrected chi connectivity index (χ3v) is 3.27. The number of aromatic amines is 1. The van der Waals surface area contributed by atoms with Gasteiger partial charge in [-0.3, -0.25) is 15.2 Å². The van der Waals surface area contributed by atoms with Gasteiger partial charge in [0.05, 0.1) is 17.6 Å². The number of nitrogens with two attached hydrogens (primary N) is 1. The number of hydrogen-bond donors (Lipinski definition) is 3. The van der Waals surface area contributed by atoms with Crippen molar-refractivity contribution in [3.63, 3.8) is 0 Å². The van der Waals surface area contributed by atoms with E-state index in [-0.39, 0.29) is 11.6 Å². The Morgan fingerprint density at radius 2 is 2.41 bits per heavy atom. The minimum atomic E-state index is -0.323. The molecule has 4 N–H and O–H groups in total. The summed E-state index contributed by atoms with van der Waals surface area (Å²) in [6, 6.07) is 0. The molecule has 6 nitrogen and oxygen atoms in total. The average molecular weight is 251 g/mol. The number of hydrogen-bond acceptors (Lipinski definition) is 5. The van der Waals surface area contributed by atoms with E-state index in [0.29, 0.717) is 10.8 Å². The Balaban J connectivity index is 2.16. The smallest absolute Gasteiger partial charge is 0.277 e. The largest absolute Gasteiger partial charge is 0.396 e. The van der Waals surface area contributed by atoms with Gasteiger partial charge in [-0.15, -0.1) is 11.3 Å². The lowest BCUT2D eigenvalue weighted by Crippen LogP contribution is -2.14. The summed E-state index contributed by atoms with van der Waals surface area (Å²) in [6.07, 6.45) is 2.25. The molecule has 0 atom stereocenters.